The summed E-state index contributed by atoms with van der Waals surface area (Å²) >= 11 is 0. The van der Waals surface area contributed by atoms with Crippen molar-refractivity contribution in [3.05, 3.63) is 77.9 Å². The Bertz CT molecular complexity index is 888. The van der Waals surface area contributed by atoms with Crippen LogP contribution in [0.15, 0.2) is 71.2 Å². The van der Waals surface area contributed by atoms with Gasteiger partial charge in [0.15, 0.2) is 5.78 Å². The molecule has 0 fully saturated rings. The number of ketones is 1. The number of sulfonamides is 1. The van der Waals surface area contributed by atoms with E-state index in [4.69, 9.17) is 0 Å². The van der Waals surface area contributed by atoms with Gasteiger partial charge in [0, 0.05) is 12.6 Å². The first kappa shape index (κ1) is 17.6. The molecule has 0 aliphatic rings. The molecule has 124 valence electrons. The summed E-state index contributed by atoms with van der Waals surface area (Å²) in [5, 5.41) is 3.97. The molecular weight excluding hydrogens is 324 g/mol. The van der Waals surface area contributed by atoms with Gasteiger partial charge in [-0.15, -0.1) is 0 Å². The molecule has 0 radical (unpaired) electrons. The average molecular weight is 342 g/mol. The van der Waals surface area contributed by atoms with Crippen molar-refractivity contribution in [2.24, 2.45) is 5.10 Å². The standard InChI is InChI=1S/C18H18N2O3S/c1-4-17(21)16-12-14(2)10-11-18(16)24(22,23)20(3)19-13-15-8-6-5-7-9-15/h4-13H,1H2,2-3H3/b19-13+. The van der Waals surface area contributed by atoms with Crippen LogP contribution >= 0.6 is 0 Å². The normalized spacial score (nSPS) is 11.4. The molecule has 5 nitrogen and oxygen atoms in total. The van der Waals surface area contributed by atoms with Crippen LogP contribution < -0.4 is 0 Å². The van der Waals surface area contributed by atoms with E-state index in [1.165, 1.54) is 25.4 Å². The first-order valence-corrected chi connectivity index (χ1v) is 8.65. The fourth-order valence-electron chi connectivity index (χ4n) is 2.06. The average Bonchev–Trinajstić information content (AvgIpc) is 2.59. The van der Waals surface area contributed by atoms with Gasteiger partial charge in [0.25, 0.3) is 10.0 Å². The molecule has 0 unspecified atom stereocenters. The van der Waals surface area contributed by atoms with Crippen LogP contribution in [0.3, 0.4) is 0 Å². The van der Waals surface area contributed by atoms with Gasteiger partial charge in [-0.2, -0.15) is 17.9 Å². The Balaban J connectivity index is 2.41. The maximum atomic E-state index is 12.7. The molecule has 0 heterocycles. The molecule has 0 aliphatic heterocycles. The van der Waals surface area contributed by atoms with Gasteiger partial charge < -0.3 is 0 Å². The van der Waals surface area contributed by atoms with Gasteiger partial charge in [-0.1, -0.05) is 48.5 Å². The van der Waals surface area contributed by atoms with Crippen LogP contribution in [0.4, 0.5) is 0 Å². The lowest BCUT2D eigenvalue weighted by Crippen LogP contribution is -2.24. The van der Waals surface area contributed by atoms with E-state index in [-0.39, 0.29) is 10.5 Å². The van der Waals surface area contributed by atoms with Gasteiger partial charge >= 0.3 is 0 Å². The van der Waals surface area contributed by atoms with E-state index in [1.54, 1.807) is 13.0 Å². The van der Waals surface area contributed by atoms with E-state index in [0.717, 1.165) is 21.6 Å². The van der Waals surface area contributed by atoms with Gasteiger partial charge in [-0.25, -0.2) is 0 Å². The molecule has 0 aliphatic carbocycles. The SMILES string of the molecule is C=CC(=O)c1cc(C)ccc1S(=O)(=O)N(C)/N=C/c1ccccc1. The van der Waals surface area contributed by atoms with Crippen molar-refractivity contribution >= 4 is 22.0 Å². The molecule has 2 aromatic carbocycles. The predicted octanol–water partition coefficient (Wildman–Crippen LogP) is 3.02. The van der Waals surface area contributed by atoms with Crippen LogP contribution in [0.2, 0.25) is 0 Å². The van der Waals surface area contributed by atoms with Crippen LogP contribution in [-0.2, 0) is 10.0 Å². The number of benzene rings is 2. The number of allylic oxidation sites excluding steroid dienone is 1. The molecule has 0 bridgehead atoms. The fourth-order valence-corrected chi connectivity index (χ4v) is 3.20. The predicted molar refractivity (Wildman–Crippen MR) is 94.7 cm³/mol. The summed E-state index contributed by atoms with van der Waals surface area (Å²) in [6, 6.07) is 13.7. The Morgan fingerprint density at radius 3 is 2.46 bits per heavy atom. The summed E-state index contributed by atoms with van der Waals surface area (Å²) in [4.78, 5) is 11.9. The monoisotopic (exact) mass is 342 g/mol. The van der Waals surface area contributed by atoms with Crippen molar-refractivity contribution in [2.75, 3.05) is 7.05 Å². The quantitative estimate of drug-likeness (QED) is 0.351. The third-order valence-corrected chi connectivity index (χ3v) is 5.08. The van der Waals surface area contributed by atoms with Crippen molar-refractivity contribution in [1.29, 1.82) is 0 Å². The molecule has 2 aromatic rings. The Hall–Kier alpha value is -2.73. The molecule has 0 spiro atoms. The number of rotatable bonds is 6. The number of aryl methyl sites for hydroxylation is 1. The third kappa shape index (κ3) is 3.78. The van der Waals surface area contributed by atoms with Gasteiger partial charge in [0.2, 0.25) is 0 Å². The number of nitrogens with zero attached hydrogens (tertiary/aromatic N) is 2. The highest BCUT2D eigenvalue weighted by molar-refractivity contribution is 7.89. The second-order valence-corrected chi connectivity index (χ2v) is 7.08. The zero-order valence-electron chi connectivity index (χ0n) is 13.5. The van der Waals surface area contributed by atoms with E-state index in [1.807, 2.05) is 30.3 Å². The molecular formula is C18H18N2O3S. The summed E-state index contributed by atoms with van der Waals surface area (Å²) in [6.45, 7) is 5.21. The Morgan fingerprint density at radius 1 is 1.17 bits per heavy atom. The van der Waals surface area contributed by atoms with Crippen LogP contribution in [0.5, 0.6) is 0 Å². The van der Waals surface area contributed by atoms with E-state index >= 15 is 0 Å². The summed E-state index contributed by atoms with van der Waals surface area (Å²) < 4.78 is 26.3. The van der Waals surface area contributed by atoms with Gasteiger partial charge in [0.1, 0.15) is 4.90 Å². The topological polar surface area (TPSA) is 66.8 Å². The molecule has 2 rings (SSSR count). The molecule has 24 heavy (non-hydrogen) atoms. The molecule has 0 atom stereocenters. The van der Waals surface area contributed by atoms with Crippen LogP contribution in [0, 0.1) is 6.92 Å². The van der Waals surface area contributed by atoms with Crippen molar-refractivity contribution in [3.63, 3.8) is 0 Å². The Morgan fingerprint density at radius 2 is 1.83 bits per heavy atom. The smallest absolute Gasteiger partial charge is 0.279 e. The maximum absolute atomic E-state index is 12.7. The second kappa shape index (κ2) is 7.23. The highest BCUT2D eigenvalue weighted by Gasteiger charge is 2.25. The van der Waals surface area contributed by atoms with Crippen molar-refractivity contribution < 1.29 is 13.2 Å². The maximum Gasteiger partial charge on any atom is 0.279 e. The minimum absolute atomic E-state index is 0.0896. The number of carbonyl (C=O) groups is 1. The van der Waals surface area contributed by atoms with Gasteiger partial charge in [-0.05, 0) is 30.7 Å². The molecule has 0 saturated heterocycles. The third-order valence-electron chi connectivity index (χ3n) is 3.38. The summed E-state index contributed by atoms with van der Waals surface area (Å²) in [7, 11) is -2.61. The van der Waals surface area contributed by atoms with Crippen LogP contribution in [0.1, 0.15) is 21.5 Å². The van der Waals surface area contributed by atoms with Crippen molar-refractivity contribution in [2.45, 2.75) is 11.8 Å². The van der Waals surface area contributed by atoms with Crippen molar-refractivity contribution in [1.82, 2.24) is 4.41 Å². The van der Waals surface area contributed by atoms with E-state index in [0.29, 0.717) is 0 Å². The second-order valence-electron chi connectivity index (χ2n) is 5.16. The highest BCUT2D eigenvalue weighted by Crippen LogP contribution is 2.22. The lowest BCUT2D eigenvalue weighted by atomic mass is 10.1. The minimum Gasteiger partial charge on any atom is -0.289 e. The van der Waals surface area contributed by atoms with E-state index < -0.39 is 15.8 Å². The molecule has 0 amide bonds. The minimum atomic E-state index is -3.94. The lowest BCUT2D eigenvalue weighted by molar-refractivity contribution is 0.104. The number of hydrogen-bond acceptors (Lipinski definition) is 4. The number of hydrogen-bond donors (Lipinski definition) is 0. The van der Waals surface area contributed by atoms with Crippen LogP contribution in [0.25, 0.3) is 0 Å². The molecule has 0 saturated carbocycles. The van der Waals surface area contributed by atoms with Gasteiger partial charge in [-0.3, -0.25) is 4.79 Å². The van der Waals surface area contributed by atoms with Crippen LogP contribution in [-0.4, -0.2) is 31.9 Å². The Kier molecular flexibility index (Phi) is 5.31. The molecule has 0 aromatic heterocycles. The lowest BCUT2D eigenvalue weighted by Gasteiger charge is -2.16. The molecule has 0 N–H and O–H groups in total. The number of hydrazone groups is 1. The van der Waals surface area contributed by atoms with Crippen molar-refractivity contribution in [3.8, 4) is 0 Å². The largest absolute Gasteiger partial charge is 0.289 e. The van der Waals surface area contributed by atoms with Gasteiger partial charge in [0.05, 0.1) is 6.21 Å². The summed E-state index contributed by atoms with van der Waals surface area (Å²) in [5.41, 5.74) is 1.65. The first-order chi connectivity index (χ1) is 11.4. The summed E-state index contributed by atoms with van der Waals surface area (Å²) in [6.07, 6.45) is 2.54. The number of carbonyl (C=O) groups excluding carboxylic acids is 1. The Labute approximate surface area is 142 Å². The van der Waals surface area contributed by atoms with E-state index in [9.17, 15) is 13.2 Å². The summed E-state index contributed by atoms with van der Waals surface area (Å²) in [5.74, 6) is -0.447. The zero-order valence-corrected chi connectivity index (χ0v) is 14.3. The fraction of sp³-hybridized carbons (Fsp3) is 0.111. The zero-order chi connectivity index (χ0) is 17.7. The highest BCUT2D eigenvalue weighted by atomic mass is 32.2. The molecule has 6 heteroatoms. The first-order valence-electron chi connectivity index (χ1n) is 7.21. The van der Waals surface area contributed by atoms with E-state index in [2.05, 4.69) is 11.7 Å².